The van der Waals surface area contributed by atoms with Gasteiger partial charge in [-0.15, -0.1) is 0 Å². The second-order valence-corrected chi connectivity index (χ2v) is 3.20. The number of aromatic nitrogens is 3. The maximum atomic E-state index is 4.15. The van der Waals surface area contributed by atoms with E-state index in [0.29, 0.717) is 0 Å². The lowest BCUT2D eigenvalue weighted by Crippen LogP contribution is -1.83. The van der Waals surface area contributed by atoms with E-state index in [-0.39, 0.29) is 0 Å². The fraction of sp³-hybridized carbons (Fsp3) is 0.0833. The Bertz CT molecular complexity index is 463. The summed E-state index contributed by atoms with van der Waals surface area (Å²) >= 11 is 0. The number of pyridine rings is 1. The topological polar surface area (TPSA) is 38.7 Å². The van der Waals surface area contributed by atoms with Crippen molar-refractivity contribution in [3.63, 3.8) is 0 Å². The first kappa shape index (κ1) is 9.52. The van der Waals surface area contributed by atoms with Crippen LogP contribution in [0.4, 0.5) is 0 Å². The van der Waals surface area contributed by atoms with Crippen LogP contribution >= 0.6 is 0 Å². The van der Waals surface area contributed by atoms with Crippen molar-refractivity contribution in [1.82, 2.24) is 15.0 Å². The Labute approximate surface area is 88.6 Å². The summed E-state index contributed by atoms with van der Waals surface area (Å²) in [5.41, 5.74) is 3.15. The van der Waals surface area contributed by atoms with E-state index in [4.69, 9.17) is 0 Å². The Morgan fingerprint density at radius 2 is 1.87 bits per heavy atom. The highest BCUT2D eigenvalue weighted by atomic mass is 14.8. The van der Waals surface area contributed by atoms with Gasteiger partial charge in [0.1, 0.15) is 0 Å². The summed E-state index contributed by atoms with van der Waals surface area (Å²) in [7, 11) is 0. The first-order chi connectivity index (χ1) is 7.36. The average molecular weight is 197 g/mol. The van der Waals surface area contributed by atoms with Crippen molar-refractivity contribution in [2.75, 3.05) is 0 Å². The quantitative estimate of drug-likeness (QED) is 0.741. The smallest absolute Gasteiger partial charge is 0.0813 e. The molecule has 0 unspecified atom stereocenters. The van der Waals surface area contributed by atoms with Crippen LogP contribution in [0.25, 0.3) is 12.2 Å². The molecular weight excluding hydrogens is 186 g/mol. The first-order valence-electron chi connectivity index (χ1n) is 4.71. The molecule has 0 aliphatic rings. The summed E-state index contributed by atoms with van der Waals surface area (Å²) in [6, 6.07) is 1.98. The lowest BCUT2D eigenvalue weighted by atomic mass is 10.1. The minimum Gasteiger partial charge on any atom is -0.264 e. The molecule has 0 aliphatic carbocycles. The van der Waals surface area contributed by atoms with E-state index in [0.717, 1.165) is 11.3 Å². The molecule has 2 aromatic heterocycles. The summed E-state index contributed by atoms with van der Waals surface area (Å²) in [6.45, 7) is 2.05. The van der Waals surface area contributed by atoms with Gasteiger partial charge in [0.05, 0.1) is 11.9 Å². The molecule has 3 nitrogen and oxygen atoms in total. The van der Waals surface area contributed by atoms with Crippen molar-refractivity contribution in [3.8, 4) is 0 Å². The molecule has 0 fully saturated rings. The Morgan fingerprint density at radius 3 is 2.60 bits per heavy atom. The minimum atomic E-state index is 0.848. The molecule has 0 radical (unpaired) electrons. The molecule has 0 saturated carbocycles. The summed E-state index contributed by atoms with van der Waals surface area (Å²) in [4.78, 5) is 12.2. The second kappa shape index (κ2) is 4.46. The Balaban J connectivity index is 2.23. The van der Waals surface area contributed by atoms with E-state index in [1.165, 1.54) is 5.56 Å². The van der Waals surface area contributed by atoms with Crippen molar-refractivity contribution in [3.05, 3.63) is 53.9 Å². The lowest BCUT2D eigenvalue weighted by molar-refractivity contribution is 1.18. The van der Waals surface area contributed by atoms with Crippen LogP contribution in [-0.2, 0) is 0 Å². The molecule has 3 heteroatoms. The summed E-state index contributed by atoms with van der Waals surface area (Å²) in [6.07, 6.45) is 12.6. The Morgan fingerprint density at radius 1 is 1.00 bits per heavy atom. The van der Waals surface area contributed by atoms with Gasteiger partial charge in [-0.3, -0.25) is 15.0 Å². The van der Waals surface area contributed by atoms with Crippen molar-refractivity contribution in [1.29, 1.82) is 0 Å². The van der Waals surface area contributed by atoms with Crippen LogP contribution in [0.15, 0.2) is 37.1 Å². The maximum Gasteiger partial charge on any atom is 0.0813 e. The number of nitrogens with zero attached hydrogens (tertiary/aromatic N) is 3. The van der Waals surface area contributed by atoms with Gasteiger partial charge in [-0.05, 0) is 30.2 Å². The average Bonchev–Trinajstić information content (AvgIpc) is 2.29. The molecule has 15 heavy (non-hydrogen) atoms. The Hall–Kier alpha value is -2.03. The van der Waals surface area contributed by atoms with E-state index in [2.05, 4.69) is 21.9 Å². The van der Waals surface area contributed by atoms with Gasteiger partial charge < -0.3 is 0 Å². The van der Waals surface area contributed by atoms with Crippen LogP contribution in [-0.4, -0.2) is 15.0 Å². The largest absolute Gasteiger partial charge is 0.264 e. The van der Waals surface area contributed by atoms with E-state index in [9.17, 15) is 0 Å². The third kappa shape index (κ3) is 2.47. The zero-order chi connectivity index (χ0) is 10.5. The third-order valence-electron chi connectivity index (χ3n) is 2.10. The molecule has 2 heterocycles. The molecule has 0 aliphatic heterocycles. The number of aryl methyl sites for hydroxylation is 1. The van der Waals surface area contributed by atoms with Crippen LogP contribution in [0.2, 0.25) is 0 Å². The van der Waals surface area contributed by atoms with Gasteiger partial charge in [-0.1, -0.05) is 6.08 Å². The normalized spacial score (nSPS) is 10.7. The summed E-state index contributed by atoms with van der Waals surface area (Å²) in [5.74, 6) is 0. The monoisotopic (exact) mass is 197 g/mol. The zero-order valence-electron chi connectivity index (χ0n) is 8.46. The van der Waals surface area contributed by atoms with E-state index >= 15 is 0 Å². The number of hydrogen-bond donors (Lipinski definition) is 0. The molecule has 0 spiro atoms. The second-order valence-electron chi connectivity index (χ2n) is 3.20. The fourth-order valence-corrected chi connectivity index (χ4v) is 1.22. The Kier molecular flexibility index (Phi) is 2.83. The van der Waals surface area contributed by atoms with Crippen molar-refractivity contribution in [2.45, 2.75) is 6.92 Å². The highest BCUT2D eigenvalue weighted by Crippen LogP contribution is 2.08. The van der Waals surface area contributed by atoms with Gasteiger partial charge in [0, 0.05) is 24.8 Å². The lowest BCUT2D eigenvalue weighted by Gasteiger charge is -1.97. The predicted octanol–water partition coefficient (Wildman–Crippen LogP) is 2.35. The van der Waals surface area contributed by atoms with Gasteiger partial charge in [0.2, 0.25) is 0 Å². The van der Waals surface area contributed by atoms with Crippen LogP contribution in [0.5, 0.6) is 0 Å². The van der Waals surface area contributed by atoms with E-state index in [1.54, 1.807) is 24.8 Å². The minimum absolute atomic E-state index is 0.848. The molecule has 74 valence electrons. The molecule has 2 rings (SSSR count). The van der Waals surface area contributed by atoms with Crippen molar-refractivity contribution >= 4 is 12.2 Å². The summed E-state index contributed by atoms with van der Waals surface area (Å²) in [5, 5.41) is 0. The van der Waals surface area contributed by atoms with Crippen LogP contribution < -0.4 is 0 Å². The zero-order valence-corrected chi connectivity index (χ0v) is 8.46. The SMILES string of the molecule is Cc1ccncc1C=Cc1cnccn1. The molecule has 0 atom stereocenters. The van der Waals surface area contributed by atoms with E-state index < -0.39 is 0 Å². The highest BCUT2D eigenvalue weighted by Gasteiger charge is 1.92. The fourth-order valence-electron chi connectivity index (χ4n) is 1.22. The summed E-state index contributed by atoms with van der Waals surface area (Å²) < 4.78 is 0. The van der Waals surface area contributed by atoms with E-state index in [1.807, 2.05) is 24.4 Å². The third-order valence-corrected chi connectivity index (χ3v) is 2.10. The van der Waals surface area contributed by atoms with Gasteiger partial charge in [-0.25, -0.2) is 0 Å². The van der Waals surface area contributed by atoms with Gasteiger partial charge in [0.25, 0.3) is 0 Å². The van der Waals surface area contributed by atoms with Crippen LogP contribution in [0.3, 0.4) is 0 Å². The predicted molar refractivity (Wildman–Crippen MR) is 59.9 cm³/mol. The molecule has 0 amide bonds. The standard InChI is InChI=1S/C12H11N3/c1-10-4-5-13-8-11(10)2-3-12-9-14-6-7-15-12/h2-9H,1H3. The van der Waals surface area contributed by atoms with Gasteiger partial charge >= 0.3 is 0 Å². The first-order valence-corrected chi connectivity index (χ1v) is 4.71. The molecule has 0 saturated heterocycles. The molecule has 0 bridgehead atoms. The molecule has 0 N–H and O–H groups in total. The van der Waals surface area contributed by atoms with Crippen molar-refractivity contribution < 1.29 is 0 Å². The highest BCUT2D eigenvalue weighted by molar-refractivity contribution is 5.68. The van der Waals surface area contributed by atoms with Crippen LogP contribution in [0, 0.1) is 6.92 Å². The van der Waals surface area contributed by atoms with Gasteiger partial charge in [0.15, 0.2) is 0 Å². The van der Waals surface area contributed by atoms with Crippen LogP contribution in [0.1, 0.15) is 16.8 Å². The van der Waals surface area contributed by atoms with Gasteiger partial charge in [-0.2, -0.15) is 0 Å². The maximum absolute atomic E-state index is 4.15. The molecule has 0 aromatic carbocycles. The number of rotatable bonds is 2. The molecule has 2 aromatic rings. The number of hydrogen-bond acceptors (Lipinski definition) is 3. The van der Waals surface area contributed by atoms with Crippen molar-refractivity contribution in [2.24, 2.45) is 0 Å². The molecular formula is C12H11N3.